The van der Waals surface area contributed by atoms with Crippen molar-refractivity contribution in [2.24, 2.45) is 5.41 Å². The SMILES string of the molecule is CC(C)(C)CC1NC(C(=O)NC2CC(C)(O)C2)C(c2cccc(Cl)c2)C12C(=O)Oc1cc(Cl)ccc12. The first-order valence-electron chi connectivity index (χ1n) is 12.4. The number of halogens is 2. The van der Waals surface area contributed by atoms with Gasteiger partial charge in [-0.05, 0) is 61.4 Å². The van der Waals surface area contributed by atoms with Gasteiger partial charge in [-0.1, -0.05) is 62.2 Å². The highest BCUT2D eigenvalue weighted by Gasteiger charge is 2.67. The first-order chi connectivity index (χ1) is 16.8. The van der Waals surface area contributed by atoms with Crippen LogP contribution in [0.25, 0.3) is 0 Å². The van der Waals surface area contributed by atoms with Gasteiger partial charge >= 0.3 is 5.97 Å². The zero-order chi connectivity index (χ0) is 26.0. The fourth-order valence-electron chi connectivity index (χ4n) is 6.37. The topological polar surface area (TPSA) is 87.7 Å². The predicted octanol–water partition coefficient (Wildman–Crippen LogP) is 4.74. The molecule has 2 aromatic rings. The van der Waals surface area contributed by atoms with Crippen molar-refractivity contribution in [1.29, 1.82) is 0 Å². The van der Waals surface area contributed by atoms with Crippen molar-refractivity contribution < 1.29 is 19.4 Å². The summed E-state index contributed by atoms with van der Waals surface area (Å²) in [5.41, 5.74) is -0.545. The lowest BCUT2D eigenvalue weighted by atomic mass is 9.62. The zero-order valence-corrected chi connectivity index (χ0v) is 22.4. The molecule has 6 nitrogen and oxygen atoms in total. The van der Waals surface area contributed by atoms with E-state index in [0.29, 0.717) is 35.1 Å². The second-order valence-electron chi connectivity index (χ2n) is 12.0. The van der Waals surface area contributed by atoms with Gasteiger partial charge in [0.25, 0.3) is 0 Å². The summed E-state index contributed by atoms with van der Waals surface area (Å²) in [5.74, 6) is -0.741. The summed E-state index contributed by atoms with van der Waals surface area (Å²) in [6, 6.07) is 11.4. The minimum Gasteiger partial charge on any atom is -0.425 e. The van der Waals surface area contributed by atoms with Gasteiger partial charge < -0.3 is 20.5 Å². The summed E-state index contributed by atoms with van der Waals surface area (Å²) in [4.78, 5) is 27.8. The van der Waals surface area contributed by atoms with E-state index in [2.05, 4.69) is 31.4 Å². The monoisotopic (exact) mass is 530 g/mol. The first kappa shape index (κ1) is 25.5. The minimum atomic E-state index is -1.15. The number of hydrogen-bond acceptors (Lipinski definition) is 5. The van der Waals surface area contributed by atoms with Gasteiger partial charge in [0.2, 0.25) is 5.91 Å². The largest absolute Gasteiger partial charge is 0.425 e. The van der Waals surface area contributed by atoms with Gasteiger partial charge in [-0.3, -0.25) is 9.59 Å². The van der Waals surface area contributed by atoms with Gasteiger partial charge in [-0.25, -0.2) is 0 Å². The molecule has 2 fully saturated rings. The number of aliphatic hydroxyl groups is 1. The van der Waals surface area contributed by atoms with Crippen LogP contribution in [0.4, 0.5) is 0 Å². The van der Waals surface area contributed by atoms with E-state index < -0.39 is 28.9 Å². The molecule has 1 aliphatic carbocycles. The molecule has 1 saturated heterocycles. The molecule has 3 N–H and O–H groups in total. The summed E-state index contributed by atoms with van der Waals surface area (Å²) in [7, 11) is 0. The van der Waals surface area contributed by atoms with E-state index in [0.717, 1.165) is 11.1 Å². The molecule has 4 unspecified atom stereocenters. The van der Waals surface area contributed by atoms with Crippen LogP contribution in [0.2, 0.25) is 10.0 Å². The molecule has 4 atom stereocenters. The smallest absolute Gasteiger partial charge is 0.324 e. The number of hydrogen-bond donors (Lipinski definition) is 3. The predicted molar refractivity (Wildman–Crippen MR) is 140 cm³/mol. The third kappa shape index (κ3) is 4.32. The van der Waals surface area contributed by atoms with Crippen LogP contribution in [0.1, 0.15) is 64.0 Å². The molecular formula is C28H32Cl2N2O4. The Labute approximate surface area is 221 Å². The maximum Gasteiger partial charge on any atom is 0.324 e. The van der Waals surface area contributed by atoms with Crippen molar-refractivity contribution in [1.82, 2.24) is 10.6 Å². The maximum atomic E-state index is 14.0. The Morgan fingerprint density at radius 2 is 1.86 bits per heavy atom. The van der Waals surface area contributed by atoms with Crippen molar-refractivity contribution in [3.05, 3.63) is 63.6 Å². The molecule has 0 radical (unpaired) electrons. The number of rotatable bonds is 4. The Balaban J connectivity index is 1.66. The lowest BCUT2D eigenvalue weighted by molar-refractivity contribution is -0.139. The highest BCUT2D eigenvalue weighted by Crippen LogP contribution is 2.57. The number of ether oxygens (including phenoxy) is 1. The first-order valence-corrected chi connectivity index (χ1v) is 13.1. The van der Waals surface area contributed by atoms with Crippen molar-refractivity contribution in [3.8, 4) is 5.75 Å². The Kier molecular flexibility index (Phi) is 6.19. The Morgan fingerprint density at radius 3 is 2.50 bits per heavy atom. The number of benzene rings is 2. The van der Waals surface area contributed by atoms with Gasteiger partial charge in [-0.2, -0.15) is 0 Å². The number of carbonyl (C=O) groups is 2. The molecule has 192 valence electrons. The standard InChI is InChI=1S/C28H32Cl2N2O4/c1-26(2,3)14-21-28(19-9-8-17(30)11-20(19)36-25(28)34)22(15-6-5-7-16(29)10-15)23(32-21)24(33)31-18-12-27(4,35)13-18/h5-11,18,21-23,32,35H,12-14H2,1-4H3,(H,31,33). The highest BCUT2D eigenvalue weighted by molar-refractivity contribution is 6.31. The molecule has 5 rings (SSSR count). The molecule has 1 saturated carbocycles. The van der Waals surface area contributed by atoms with Crippen LogP contribution >= 0.6 is 23.2 Å². The van der Waals surface area contributed by atoms with Crippen molar-refractivity contribution in [2.75, 3.05) is 0 Å². The van der Waals surface area contributed by atoms with Crippen LogP contribution in [0.3, 0.4) is 0 Å². The molecular weight excluding hydrogens is 499 g/mol. The second kappa shape index (κ2) is 8.73. The number of amides is 1. The van der Waals surface area contributed by atoms with Crippen molar-refractivity contribution in [2.45, 2.75) is 82.0 Å². The van der Waals surface area contributed by atoms with Crippen LogP contribution < -0.4 is 15.4 Å². The molecule has 3 aliphatic rings. The Bertz CT molecular complexity index is 1220. The summed E-state index contributed by atoms with van der Waals surface area (Å²) in [6.45, 7) is 8.11. The van der Waals surface area contributed by atoms with Crippen molar-refractivity contribution >= 4 is 35.1 Å². The maximum absolute atomic E-state index is 14.0. The van der Waals surface area contributed by atoms with Crippen LogP contribution in [-0.4, -0.2) is 40.7 Å². The van der Waals surface area contributed by atoms with E-state index in [1.54, 1.807) is 25.1 Å². The average molecular weight is 531 g/mol. The van der Waals surface area contributed by atoms with E-state index >= 15 is 0 Å². The highest BCUT2D eigenvalue weighted by atomic mass is 35.5. The van der Waals surface area contributed by atoms with Gasteiger partial charge in [-0.15, -0.1) is 0 Å². The normalized spacial score (nSPS) is 33.2. The third-order valence-electron chi connectivity index (χ3n) is 7.71. The Hall–Kier alpha value is -2.12. The zero-order valence-electron chi connectivity index (χ0n) is 20.9. The minimum absolute atomic E-state index is 0.117. The van der Waals surface area contributed by atoms with E-state index in [-0.39, 0.29) is 23.4 Å². The molecule has 1 spiro atoms. The second-order valence-corrected chi connectivity index (χ2v) is 12.9. The number of carbonyl (C=O) groups excluding carboxylic acids is 2. The quantitative estimate of drug-likeness (QED) is 0.392. The molecule has 8 heteroatoms. The summed E-state index contributed by atoms with van der Waals surface area (Å²) >= 11 is 12.7. The van der Waals surface area contributed by atoms with E-state index in [1.165, 1.54) is 0 Å². The van der Waals surface area contributed by atoms with E-state index in [1.807, 2.05) is 24.3 Å². The summed E-state index contributed by atoms with van der Waals surface area (Å²) in [6.07, 6.45) is 1.61. The fraction of sp³-hybridized carbons (Fsp3) is 0.500. The molecule has 1 amide bonds. The van der Waals surface area contributed by atoms with Crippen LogP contribution in [-0.2, 0) is 15.0 Å². The molecule has 0 aromatic heterocycles. The third-order valence-corrected chi connectivity index (χ3v) is 8.18. The summed E-state index contributed by atoms with van der Waals surface area (Å²) in [5, 5.41) is 17.8. The molecule has 36 heavy (non-hydrogen) atoms. The number of fused-ring (bicyclic) bond motifs is 2. The van der Waals surface area contributed by atoms with Gasteiger partial charge in [0.15, 0.2) is 0 Å². The molecule has 2 aromatic carbocycles. The average Bonchev–Trinajstić information content (AvgIpc) is 3.21. The Morgan fingerprint density at radius 1 is 1.17 bits per heavy atom. The van der Waals surface area contributed by atoms with Gasteiger partial charge in [0.05, 0.1) is 11.6 Å². The van der Waals surface area contributed by atoms with E-state index in [4.69, 9.17) is 27.9 Å². The van der Waals surface area contributed by atoms with Crippen LogP contribution in [0, 0.1) is 5.41 Å². The number of nitrogens with one attached hydrogen (secondary N) is 2. The fourth-order valence-corrected chi connectivity index (χ4v) is 6.74. The van der Waals surface area contributed by atoms with E-state index in [9.17, 15) is 14.7 Å². The number of esters is 1. The van der Waals surface area contributed by atoms with Crippen LogP contribution in [0.5, 0.6) is 5.75 Å². The van der Waals surface area contributed by atoms with Crippen molar-refractivity contribution in [3.63, 3.8) is 0 Å². The molecule has 0 bridgehead atoms. The summed E-state index contributed by atoms with van der Waals surface area (Å²) < 4.78 is 5.86. The molecule has 2 aliphatic heterocycles. The lowest BCUT2D eigenvalue weighted by Gasteiger charge is -2.42. The van der Waals surface area contributed by atoms with Gasteiger partial charge in [0.1, 0.15) is 11.2 Å². The van der Waals surface area contributed by atoms with Crippen LogP contribution in [0.15, 0.2) is 42.5 Å². The van der Waals surface area contributed by atoms with Gasteiger partial charge in [0, 0.05) is 33.6 Å². The molecule has 2 heterocycles. The lowest BCUT2D eigenvalue weighted by Crippen LogP contribution is -2.57.